The van der Waals surface area contributed by atoms with E-state index in [9.17, 15) is 5.41 Å². The fourth-order valence-electron chi connectivity index (χ4n) is 6.73. The Labute approximate surface area is 294 Å². The van der Waals surface area contributed by atoms with Crippen LogP contribution in [0.4, 0.5) is 15.9 Å². The van der Waals surface area contributed by atoms with Gasteiger partial charge in [-0.05, 0) is 68.7 Å². The zero-order valence-corrected chi connectivity index (χ0v) is 28.9. The van der Waals surface area contributed by atoms with Crippen molar-refractivity contribution in [1.29, 1.82) is 5.41 Å². The third-order valence-electron chi connectivity index (χ3n) is 10.2. The molecule has 0 saturated carbocycles. The topological polar surface area (TPSA) is 79.7 Å². The molecule has 7 rings (SSSR count). The minimum absolute atomic E-state index is 0.213. The van der Waals surface area contributed by atoms with Crippen molar-refractivity contribution in [3.05, 3.63) is 155 Å². The zero-order chi connectivity index (χ0) is 34.9. The van der Waals surface area contributed by atoms with Crippen LogP contribution in [0.15, 0.2) is 121 Å². The average molecular weight is 669 g/mol. The zero-order valence-electron chi connectivity index (χ0n) is 28.9. The molecule has 2 saturated heterocycles. The standard InChI is InChI=1S/C41H42BFN4O3/c1-39(2)40(3,4)50-42(49-39)34-27-33(38(44)29-20-21-45-37(26-29)47-22-24-48-25-23-47)36(28-35(34)43)46-41(30-14-8-5-9-15-30,31-16-10-6-11-17-31)32-18-12-7-13-19-32/h5-21,26-28,44,46H,22-25H2,1-4H3. The molecule has 0 spiro atoms. The fourth-order valence-corrected chi connectivity index (χ4v) is 6.73. The van der Waals surface area contributed by atoms with Crippen LogP contribution in [0, 0.1) is 11.2 Å². The Morgan fingerprint density at radius 1 is 0.780 bits per heavy atom. The Kier molecular flexibility index (Phi) is 9.07. The van der Waals surface area contributed by atoms with E-state index in [-0.39, 0.29) is 11.2 Å². The van der Waals surface area contributed by atoms with Gasteiger partial charge in [0.2, 0.25) is 0 Å². The summed E-state index contributed by atoms with van der Waals surface area (Å²) in [7, 11) is -0.955. The van der Waals surface area contributed by atoms with Gasteiger partial charge < -0.3 is 24.3 Å². The number of nitrogens with zero attached hydrogens (tertiary/aromatic N) is 2. The second-order valence-corrected chi connectivity index (χ2v) is 13.9. The van der Waals surface area contributed by atoms with Gasteiger partial charge in [0.1, 0.15) is 17.2 Å². The number of pyridine rings is 1. The second kappa shape index (κ2) is 13.5. The van der Waals surface area contributed by atoms with E-state index in [0.29, 0.717) is 43.1 Å². The van der Waals surface area contributed by atoms with Crippen molar-refractivity contribution >= 4 is 29.8 Å². The maximum absolute atomic E-state index is 16.6. The number of aromatic nitrogens is 1. The summed E-state index contributed by atoms with van der Waals surface area (Å²) in [5.74, 6) is 0.278. The van der Waals surface area contributed by atoms with Crippen LogP contribution >= 0.6 is 0 Å². The van der Waals surface area contributed by atoms with Crippen molar-refractivity contribution in [3.8, 4) is 0 Å². The molecule has 0 atom stereocenters. The Morgan fingerprint density at radius 3 is 1.82 bits per heavy atom. The molecule has 2 aliphatic rings. The van der Waals surface area contributed by atoms with E-state index in [0.717, 1.165) is 22.5 Å². The van der Waals surface area contributed by atoms with Crippen molar-refractivity contribution < 1.29 is 18.4 Å². The van der Waals surface area contributed by atoms with Crippen LogP contribution < -0.4 is 15.7 Å². The van der Waals surface area contributed by atoms with Crippen LogP contribution in [0.25, 0.3) is 0 Å². The molecule has 9 heteroatoms. The SMILES string of the molecule is CC1(C)OB(c2cc(C(=N)c3ccnc(N4CCOCC4)c3)c(NC(c3ccccc3)(c3ccccc3)c3ccccc3)cc2F)OC1(C)C. The Hall–Kier alpha value is -4.83. The molecule has 0 aliphatic carbocycles. The highest BCUT2D eigenvalue weighted by Crippen LogP contribution is 2.42. The van der Waals surface area contributed by atoms with Gasteiger partial charge in [-0.25, -0.2) is 9.37 Å². The summed E-state index contributed by atoms with van der Waals surface area (Å²) < 4.78 is 34.9. The van der Waals surface area contributed by atoms with Gasteiger partial charge in [0.05, 0.1) is 30.1 Å². The number of ether oxygens (including phenoxy) is 1. The summed E-state index contributed by atoms with van der Waals surface area (Å²) in [4.78, 5) is 6.78. The number of hydrogen-bond donors (Lipinski definition) is 2. The summed E-state index contributed by atoms with van der Waals surface area (Å²) in [5, 5.41) is 13.5. The van der Waals surface area contributed by atoms with Crippen molar-refractivity contribution in [2.75, 3.05) is 36.5 Å². The summed E-state index contributed by atoms with van der Waals surface area (Å²) in [5.41, 5.74) is 2.65. The van der Waals surface area contributed by atoms with Gasteiger partial charge in [0, 0.05) is 41.6 Å². The van der Waals surface area contributed by atoms with Crippen LogP contribution in [0.1, 0.15) is 55.5 Å². The molecule has 2 fully saturated rings. The van der Waals surface area contributed by atoms with Gasteiger partial charge in [0.15, 0.2) is 0 Å². The highest BCUT2D eigenvalue weighted by molar-refractivity contribution is 6.62. The monoisotopic (exact) mass is 668 g/mol. The number of benzene rings is 4. The molecular formula is C41H42BFN4O3. The summed E-state index contributed by atoms with van der Waals surface area (Å²) >= 11 is 0. The number of anilines is 2. The smallest absolute Gasteiger partial charge is 0.399 e. The van der Waals surface area contributed by atoms with Gasteiger partial charge in [-0.2, -0.15) is 0 Å². The molecule has 3 heterocycles. The first-order chi connectivity index (χ1) is 24.1. The van der Waals surface area contributed by atoms with Gasteiger partial charge in [0.25, 0.3) is 0 Å². The van der Waals surface area contributed by atoms with E-state index in [1.165, 1.54) is 6.07 Å². The first-order valence-corrected chi connectivity index (χ1v) is 17.1. The van der Waals surface area contributed by atoms with Crippen molar-refractivity contribution in [1.82, 2.24) is 4.98 Å². The molecule has 254 valence electrons. The lowest BCUT2D eigenvalue weighted by Gasteiger charge is -2.38. The average Bonchev–Trinajstić information content (AvgIpc) is 3.37. The highest BCUT2D eigenvalue weighted by Gasteiger charge is 2.52. The largest absolute Gasteiger partial charge is 0.497 e. The molecule has 2 N–H and O–H groups in total. The first kappa shape index (κ1) is 33.7. The van der Waals surface area contributed by atoms with E-state index in [4.69, 9.17) is 14.0 Å². The molecular weight excluding hydrogens is 626 g/mol. The van der Waals surface area contributed by atoms with Crippen LogP contribution in [-0.4, -0.2) is 55.3 Å². The summed E-state index contributed by atoms with van der Waals surface area (Å²) in [6.45, 7) is 10.5. The van der Waals surface area contributed by atoms with Crippen LogP contribution in [-0.2, 0) is 19.6 Å². The lowest BCUT2D eigenvalue weighted by Crippen LogP contribution is -2.41. The van der Waals surface area contributed by atoms with E-state index in [1.54, 1.807) is 12.3 Å². The van der Waals surface area contributed by atoms with Gasteiger partial charge >= 0.3 is 7.12 Å². The quantitative estimate of drug-likeness (QED) is 0.0985. The Balaban J connectivity index is 1.42. The van der Waals surface area contributed by atoms with Gasteiger partial charge in [-0.15, -0.1) is 0 Å². The van der Waals surface area contributed by atoms with E-state index < -0.39 is 29.7 Å². The van der Waals surface area contributed by atoms with Crippen LogP contribution in [0.5, 0.6) is 0 Å². The molecule has 0 unspecified atom stereocenters. The van der Waals surface area contributed by atoms with Crippen LogP contribution in [0.3, 0.4) is 0 Å². The predicted octanol–water partition coefficient (Wildman–Crippen LogP) is 7.18. The molecule has 0 radical (unpaired) electrons. The van der Waals surface area contributed by atoms with Crippen molar-refractivity contribution in [2.45, 2.75) is 44.4 Å². The van der Waals surface area contributed by atoms with Gasteiger partial charge in [-0.3, -0.25) is 5.41 Å². The predicted molar refractivity (Wildman–Crippen MR) is 198 cm³/mol. The number of nitrogens with one attached hydrogen (secondary N) is 2. The fraction of sp³-hybridized carbons (Fsp3) is 0.268. The van der Waals surface area contributed by atoms with E-state index >= 15 is 4.39 Å². The molecule has 2 aliphatic heterocycles. The molecule has 4 aromatic carbocycles. The number of rotatable bonds is 9. The number of halogens is 1. The van der Waals surface area contributed by atoms with E-state index in [2.05, 4.69) is 51.6 Å². The third-order valence-corrected chi connectivity index (χ3v) is 10.2. The maximum Gasteiger partial charge on any atom is 0.497 e. The van der Waals surface area contributed by atoms with Crippen molar-refractivity contribution in [2.24, 2.45) is 0 Å². The normalized spacial score (nSPS) is 17.1. The maximum atomic E-state index is 16.6. The van der Waals surface area contributed by atoms with E-state index in [1.807, 2.05) is 94.4 Å². The second-order valence-electron chi connectivity index (χ2n) is 13.9. The summed E-state index contributed by atoms with van der Waals surface area (Å²) in [6.07, 6.45) is 1.72. The van der Waals surface area contributed by atoms with Gasteiger partial charge in [-0.1, -0.05) is 91.0 Å². The molecule has 0 bridgehead atoms. The third kappa shape index (κ3) is 6.21. The molecule has 0 amide bonds. The molecule has 50 heavy (non-hydrogen) atoms. The summed E-state index contributed by atoms with van der Waals surface area (Å²) in [6, 6.07) is 37.4. The number of morpholine rings is 1. The Morgan fingerprint density at radius 2 is 1.30 bits per heavy atom. The molecule has 1 aromatic heterocycles. The Bertz CT molecular complexity index is 1860. The minimum atomic E-state index is -0.955. The highest BCUT2D eigenvalue weighted by atomic mass is 19.1. The minimum Gasteiger partial charge on any atom is -0.399 e. The lowest BCUT2D eigenvalue weighted by atomic mass is 9.75. The lowest BCUT2D eigenvalue weighted by molar-refractivity contribution is 0.00578. The molecule has 7 nitrogen and oxygen atoms in total. The number of hydrogen-bond acceptors (Lipinski definition) is 7. The molecule has 5 aromatic rings. The van der Waals surface area contributed by atoms with Crippen molar-refractivity contribution in [3.63, 3.8) is 0 Å². The first-order valence-electron chi connectivity index (χ1n) is 17.1. The van der Waals surface area contributed by atoms with Crippen LogP contribution in [0.2, 0.25) is 0 Å².